The molecule has 0 bridgehead atoms. The van der Waals surface area contributed by atoms with Crippen molar-refractivity contribution in [3.63, 3.8) is 0 Å². The van der Waals surface area contributed by atoms with Crippen molar-refractivity contribution in [1.82, 2.24) is 9.88 Å². The van der Waals surface area contributed by atoms with Crippen molar-refractivity contribution in [2.24, 2.45) is 11.8 Å². The van der Waals surface area contributed by atoms with Crippen molar-refractivity contribution < 1.29 is 9.53 Å². The molecule has 0 spiro atoms. The number of likely N-dealkylation sites (tertiary alicyclic amines) is 1. The van der Waals surface area contributed by atoms with Gasteiger partial charge in [-0.25, -0.2) is 4.98 Å². The molecule has 1 aromatic rings. The minimum atomic E-state index is -0.123. The second-order valence-corrected chi connectivity index (χ2v) is 5.11. The number of hydrogen-bond donors (Lipinski definition) is 0. The summed E-state index contributed by atoms with van der Waals surface area (Å²) in [4.78, 5) is 17.9. The number of nitrogens with zero attached hydrogens (tertiary/aromatic N) is 2. The second kappa shape index (κ2) is 5.67. The van der Waals surface area contributed by atoms with Gasteiger partial charge in [-0.1, -0.05) is 24.6 Å². The highest BCUT2D eigenvalue weighted by Gasteiger charge is 2.35. The largest absolute Gasteiger partial charge is 0.469 e. The molecule has 1 fully saturated rings. The Labute approximate surface area is 112 Å². The highest BCUT2D eigenvalue weighted by atomic mass is 35.5. The van der Waals surface area contributed by atoms with Gasteiger partial charge in [-0.3, -0.25) is 9.69 Å². The quantitative estimate of drug-likeness (QED) is 0.621. The van der Waals surface area contributed by atoms with Crippen molar-refractivity contribution in [1.29, 1.82) is 0 Å². The standard InChI is InChI=1S/C13H17ClN2O2/c1-9-6-16(8-11(9)13(17)18-2)7-10-4-3-5-15-12(10)14/h3-5,9,11H,6-8H2,1-2H3. The maximum Gasteiger partial charge on any atom is 0.310 e. The number of carbonyl (C=O) groups excluding carboxylic acids is 1. The van der Waals surface area contributed by atoms with Crippen LogP contribution in [0.25, 0.3) is 0 Å². The van der Waals surface area contributed by atoms with E-state index in [1.54, 1.807) is 6.20 Å². The van der Waals surface area contributed by atoms with E-state index in [4.69, 9.17) is 16.3 Å². The third-order valence-electron chi connectivity index (χ3n) is 3.42. The van der Waals surface area contributed by atoms with Crippen LogP contribution in [0.1, 0.15) is 12.5 Å². The molecule has 18 heavy (non-hydrogen) atoms. The number of ether oxygens (including phenoxy) is 1. The number of carbonyl (C=O) groups is 1. The molecule has 98 valence electrons. The summed E-state index contributed by atoms with van der Waals surface area (Å²) in [7, 11) is 1.44. The van der Waals surface area contributed by atoms with Gasteiger partial charge in [0.2, 0.25) is 0 Å². The van der Waals surface area contributed by atoms with Gasteiger partial charge in [-0.15, -0.1) is 0 Å². The average molecular weight is 269 g/mol. The summed E-state index contributed by atoms with van der Waals surface area (Å²) in [5.41, 5.74) is 0.997. The highest BCUT2D eigenvalue weighted by molar-refractivity contribution is 6.30. The first-order chi connectivity index (χ1) is 8.61. The molecule has 1 saturated heterocycles. The zero-order chi connectivity index (χ0) is 13.1. The predicted molar refractivity (Wildman–Crippen MR) is 69.2 cm³/mol. The molecule has 2 unspecified atom stereocenters. The van der Waals surface area contributed by atoms with Crippen LogP contribution in [0.5, 0.6) is 0 Å². The summed E-state index contributed by atoms with van der Waals surface area (Å²) in [5.74, 6) is 0.153. The molecule has 0 aromatic carbocycles. The van der Waals surface area contributed by atoms with E-state index in [2.05, 4.69) is 16.8 Å². The van der Waals surface area contributed by atoms with Crippen molar-refractivity contribution in [3.8, 4) is 0 Å². The SMILES string of the molecule is COC(=O)C1CN(Cc2cccnc2Cl)CC1C. The number of hydrogen-bond acceptors (Lipinski definition) is 4. The Hall–Kier alpha value is -1.13. The van der Waals surface area contributed by atoms with Crippen LogP contribution in [0.15, 0.2) is 18.3 Å². The molecule has 2 rings (SSSR count). The highest BCUT2D eigenvalue weighted by Crippen LogP contribution is 2.26. The molecular formula is C13H17ClN2O2. The van der Waals surface area contributed by atoms with Gasteiger partial charge in [0.15, 0.2) is 0 Å². The summed E-state index contributed by atoms with van der Waals surface area (Å²) < 4.78 is 4.82. The van der Waals surface area contributed by atoms with Gasteiger partial charge < -0.3 is 4.74 Å². The van der Waals surface area contributed by atoms with Crippen LogP contribution < -0.4 is 0 Å². The molecule has 1 aliphatic heterocycles. The van der Waals surface area contributed by atoms with E-state index < -0.39 is 0 Å². The van der Waals surface area contributed by atoms with Crippen LogP contribution in [-0.2, 0) is 16.1 Å². The fourth-order valence-corrected chi connectivity index (χ4v) is 2.61. The van der Waals surface area contributed by atoms with Crippen molar-refractivity contribution in [2.45, 2.75) is 13.5 Å². The van der Waals surface area contributed by atoms with Crippen LogP contribution in [0, 0.1) is 11.8 Å². The van der Waals surface area contributed by atoms with E-state index in [0.717, 1.165) is 25.2 Å². The zero-order valence-corrected chi connectivity index (χ0v) is 11.4. The fraction of sp³-hybridized carbons (Fsp3) is 0.538. The molecule has 0 saturated carbocycles. The number of methoxy groups -OCH3 is 1. The zero-order valence-electron chi connectivity index (χ0n) is 10.6. The molecule has 0 amide bonds. The molecule has 2 heterocycles. The second-order valence-electron chi connectivity index (χ2n) is 4.75. The summed E-state index contributed by atoms with van der Waals surface area (Å²) in [6, 6.07) is 3.84. The Kier molecular flexibility index (Phi) is 4.19. The number of esters is 1. The van der Waals surface area contributed by atoms with Gasteiger partial charge in [-0.2, -0.15) is 0 Å². The molecule has 1 aliphatic rings. The fourth-order valence-electron chi connectivity index (χ4n) is 2.43. The topological polar surface area (TPSA) is 42.4 Å². The van der Waals surface area contributed by atoms with E-state index in [0.29, 0.717) is 11.1 Å². The van der Waals surface area contributed by atoms with Crippen LogP contribution >= 0.6 is 11.6 Å². The lowest BCUT2D eigenvalue weighted by molar-refractivity contribution is -0.146. The lowest BCUT2D eigenvalue weighted by atomic mass is 9.99. The van der Waals surface area contributed by atoms with Crippen LogP contribution in [0.4, 0.5) is 0 Å². The first-order valence-corrected chi connectivity index (χ1v) is 6.39. The van der Waals surface area contributed by atoms with Crippen molar-refractivity contribution >= 4 is 17.6 Å². The van der Waals surface area contributed by atoms with Gasteiger partial charge >= 0.3 is 5.97 Å². The minimum absolute atomic E-state index is 0.0366. The molecule has 4 nitrogen and oxygen atoms in total. The average Bonchev–Trinajstić information content (AvgIpc) is 2.72. The monoisotopic (exact) mass is 268 g/mol. The minimum Gasteiger partial charge on any atom is -0.469 e. The molecule has 2 atom stereocenters. The summed E-state index contributed by atoms with van der Waals surface area (Å²) in [5, 5.41) is 0.534. The summed E-state index contributed by atoms with van der Waals surface area (Å²) in [6.45, 7) is 4.40. The number of pyridine rings is 1. The predicted octanol–water partition coefficient (Wildman–Crippen LogP) is 1.98. The molecule has 1 aromatic heterocycles. The van der Waals surface area contributed by atoms with E-state index >= 15 is 0 Å². The Balaban J connectivity index is 2.01. The summed E-state index contributed by atoms with van der Waals surface area (Å²) >= 11 is 6.04. The Morgan fingerprint density at radius 1 is 1.61 bits per heavy atom. The van der Waals surface area contributed by atoms with Gasteiger partial charge in [0.05, 0.1) is 13.0 Å². The number of rotatable bonds is 3. The molecule has 5 heteroatoms. The first kappa shape index (κ1) is 13.3. The van der Waals surface area contributed by atoms with Gasteiger partial charge in [0.25, 0.3) is 0 Å². The maximum atomic E-state index is 11.6. The van der Waals surface area contributed by atoms with Crippen LogP contribution in [0.2, 0.25) is 5.15 Å². The van der Waals surface area contributed by atoms with Crippen molar-refractivity contribution in [2.75, 3.05) is 20.2 Å². The van der Waals surface area contributed by atoms with Gasteiger partial charge in [0, 0.05) is 31.4 Å². The van der Waals surface area contributed by atoms with Gasteiger partial charge in [-0.05, 0) is 12.0 Å². The smallest absolute Gasteiger partial charge is 0.310 e. The van der Waals surface area contributed by atoms with E-state index in [1.165, 1.54) is 7.11 Å². The van der Waals surface area contributed by atoms with E-state index in [1.807, 2.05) is 12.1 Å². The number of aromatic nitrogens is 1. The summed E-state index contributed by atoms with van der Waals surface area (Å²) in [6.07, 6.45) is 1.68. The maximum absolute atomic E-state index is 11.6. The van der Waals surface area contributed by atoms with Crippen LogP contribution in [0.3, 0.4) is 0 Å². The third-order valence-corrected chi connectivity index (χ3v) is 3.76. The number of halogens is 1. The Morgan fingerprint density at radius 3 is 3.06 bits per heavy atom. The van der Waals surface area contributed by atoms with Crippen LogP contribution in [-0.4, -0.2) is 36.1 Å². The first-order valence-electron chi connectivity index (χ1n) is 6.01. The molecule has 0 radical (unpaired) electrons. The van der Waals surface area contributed by atoms with Crippen molar-refractivity contribution in [3.05, 3.63) is 29.0 Å². The lowest BCUT2D eigenvalue weighted by Gasteiger charge is -2.15. The third kappa shape index (κ3) is 2.82. The van der Waals surface area contributed by atoms with Gasteiger partial charge in [0.1, 0.15) is 5.15 Å². The molecular weight excluding hydrogens is 252 g/mol. The molecule has 0 aliphatic carbocycles. The van der Waals surface area contributed by atoms with E-state index in [9.17, 15) is 4.79 Å². The lowest BCUT2D eigenvalue weighted by Crippen LogP contribution is -2.24. The molecule has 0 N–H and O–H groups in total. The Bertz CT molecular complexity index is 439. The van der Waals surface area contributed by atoms with E-state index in [-0.39, 0.29) is 11.9 Å². The normalized spacial score (nSPS) is 24.2. The Morgan fingerprint density at radius 2 is 2.39 bits per heavy atom.